The summed E-state index contributed by atoms with van der Waals surface area (Å²) in [4.78, 5) is 178. The summed E-state index contributed by atoms with van der Waals surface area (Å²) in [6.07, 6.45) is -5.32. The van der Waals surface area contributed by atoms with Gasteiger partial charge in [-0.2, -0.15) is 0 Å². The van der Waals surface area contributed by atoms with Crippen molar-refractivity contribution in [2.24, 2.45) is 28.1 Å². The monoisotopic (exact) mass is 1130 g/mol. The Morgan fingerprint density at radius 3 is 1.52 bits per heavy atom. The molecular formula is C49H76N14O17. The number of carbonyl (C=O) groups is 13. The summed E-state index contributed by atoms with van der Waals surface area (Å²) < 4.78 is 0. The van der Waals surface area contributed by atoms with Gasteiger partial charge in [-0.25, -0.2) is 0 Å². The second-order valence-electron chi connectivity index (χ2n) is 19.2. The lowest BCUT2D eigenvalue weighted by Gasteiger charge is -2.29. The molecule has 0 spiro atoms. The number of carboxylic acid groups (broad SMARTS) is 3. The van der Waals surface area contributed by atoms with Crippen LogP contribution < -0.4 is 70.4 Å². The molecule has 10 atom stereocenters. The van der Waals surface area contributed by atoms with Gasteiger partial charge in [-0.05, 0) is 76.8 Å². The van der Waals surface area contributed by atoms with Gasteiger partial charge in [0.15, 0.2) is 5.96 Å². The Kier molecular flexibility index (Phi) is 29.1. The summed E-state index contributed by atoms with van der Waals surface area (Å²) in [5.41, 5.74) is 17.2. The molecule has 10 amide bonds. The molecule has 1 aromatic rings. The number of aliphatic hydroxyl groups excluding tert-OH is 1. The Hall–Kier alpha value is -8.48. The fourth-order valence-corrected chi connectivity index (χ4v) is 7.78. The first kappa shape index (κ1) is 67.6. The number of hydrogen-bond acceptors (Lipinski definition) is 16. The van der Waals surface area contributed by atoms with Crippen molar-refractivity contribution in [3.63, 3.8) is 0 Å². The number of nitrogens with zero attached hydrogens (tertiary/aromatic N) is 1. The van der Waals surface area contributed by atoms with Gasteiger partial charge >= 0.3 is 17.9 Å². The quantitative estimate of drug-likeness (QED) is 0.0328. The predicted molar refractivity (Wildman–Crippen MR) is 282 cm³/mol. The van der Waals surface area contributed by atoms with E-state index in [2.05, 4.69) is 58.2 Å². The maximum Gasteiger partial charge on any atom is 0.305 e. The van der Waals surface area contributed by atoms with Gasteiger partial charge in [-0.1, -0.05) is 44.2 Å². The summed E-state index contributed by atoms with van der Waals surface area (Å²) >= 11 is 0. The van der Waals surface area contributed by atoms with Crippen molar-refractivity contribution in [3.8, 4) is 0 Å². The third-order valence-corrected chi connectivity index (χ3v) is 12.1. The van der Waals surface area contributed by atoms with E-state index in [0.29, 0.717) is 12.0 Å². The van der Waals surface area contributed by atoms with E-state index in [1.54, 1.807) is 30.3 Å². The van der Waals surface area contributed by atoms with Crippen molar-refractivity contribution in [1.82, 2.24) is 53.2 Å². The van der Waals surface area contributed by atoms with Crippen LogP contribution in [-0.4, -0.2) is 183 Å². The highest BCUT2D eigenvalue weighted by molar-refractivity contribution is 6.00. The van der Waals surface area contributed by atoms with Gasteiger partial charge < -0.3 is 90.8 Å². The molecule has 0 unspecified atom stereocenters. The minimum atomic E-state index is -1.93. The molecule has 0 bridgehead atoms. The van der Waals surface area contributed by atoms with Crippen LogP contribution in [0.5, 0.6) is 0 Å². The summed E-state index contributed by atoms with van der Waals surface area (Å²) in [6.45, 7) is 4.28. The molecule has 1 saturated heterocycles. The molecule has 0 saturated carbocycles. The van der Waals surface area contributed by atoms with Crippen molar-refractivity contribution in [2.75, 3.05) is 19.6 Å². The number of benzene rings is 1. The first-order valence-electron chi connectivity index (χ1n) is 25.8. The first-order valence-corrected chi connectivity index (χ1v) is 25.8. The van der Waals surface area contributed by atoms with Gasteiger partial charge in [-0.15, -0.1) is 0 Å². The molecule has 1 heterocycles. The average Bonchev–Trinajstić information content (AvgIpc) is 3.38. The number of carbonyl (C=O) groups excluding carboxylic acids is 10. The molecule has 2 rings (SSSR count). The van der Waals surface area contributed by atoms with Gasteiger partial charge in [0, 0.05) is 25.8 Å². The molecule has 31 nitrogen and oxygen atoms in total. The Bertz CT molecular complexity index is 2390. The number of nitrogens with one attached hydrogen (secondary N) is 10. The highest BCUT2D eigenvalue weighted by Crippen LogP contribution is 2.12. The Morgan fingerprint density at radius 1 is 0.550 bits per heavy atom. The summed E-state index contributed by atoms with van der Waals surface area (Å²) in [7, 11) is 0. The second kappa shape index (κ2) is 34.4. The summed E-state index contributed by atoms with van der Waals surface area (Å²) in [5.74, 6) is -16.5. The summed E-state index contributed by atoms with van der Waals surface area (Å²) in [5, 5.41) is 62.8. The predicted octanol–water partition coefficient (Wildman–Crippen LogP) is -5.83. The van der Waals surface area contributed by atoms with E-state index in [9.17, 15) is 82.8 Å². The number of nitrogens with two attached hydrogens (primary N) is 3. The number of amides is 10. The maximum absolute atomic E-state index is 14.5. The SMILES string of the molecule is CC(C)[C@@H]1NC(=O)[C@H](CCCN=C(N)N)NC(=O)[C@H](Cc2ccccc2)NC(=O)[C@H](CCCCN)NC(=O)[C@H](CCC(=O)O)NC(=O)CNC(=O)[C@H]([C@@H](C)O)NC(=O)[C@H](CCC(=O)O)NC(=O)[C@H](C)NC(=O)[C@H](CC(=O)O)NC1=O. The molecule has 1 aromatic carbocycles. The molecule has 20 N–H and O–H groups in total. The lowest BCUT2D eigenvalue weighted by molar-refractivity contribution is -0.142. The minimum Gasteiger partial charge on any atom is -0.481 e. The molecule has 80 heavy (non-hydrogen) atoms. The molecule has 0 aliphatic carbocycles. The largest absolute Gasteiger partial charge is 0.481 e. The molecule has 31 heteroatoms. The van der Waals surface area contributed by atoms with Crippen LogP contribution in [0.4, 0.5) is 0 Å². The standard InChI is InChI=1S/C49H76N14O17/c1-24(2)38-48(80)61-33(22-37(70)71)45(77)55-25(3)40(72)57-31(16-18-36(68)69)44(76)63-39(26(4)64)47(79)54-23-34(65)56-30(15-17-35(66)67)42(74)58-28(13-8-9-19-50)41(73)60-32(21-27-11-6-5-7-12-27)46(78)59-29(43(75)62-38)14-10-20-53-49(51)52/h5-7,11-12,24-26,28-33,38-39,64H,8-10,13-23,50H2,1-4H3,(H,54,79)(H,55,77)(H,56,65)(H,57,72)(H,58,74)(H,59,78)(H,60,73)(H,61,80)(H,62,75)(H,63,76)(H,66,67)(H,68,69)(H,70,71)(H4,51,52,53)/t25-,26+,28-,29-,30-,31-,32-,33-,38-,39-/m0/s1. The Labute approximate surface area is 460 Å². The lowest BCUT2D eigenvalue weighted by atomic mass is 10.00. The second-order valence-corrected chi connectivity index (χ2v) is 19.2. The first-order chi connectivity index (χ1) is 37.6. The van der Waals surface area contributed by atoms with E-state index in [0.717, 1.165) is 13.8 Å². The fourth-order valence-electron chi connectivity index (χ4n) is 7.78. The van der Waals surface area contributed by atoms with Gasteiger partial charge in [0.1, 0.15) is 54.4 Å². The van der Waals surface area contributed by atoms with Crippen LogP contribution in [0.25, 0.3) is 0 Å². The van der Waals surface area contributed by atoms with Crippen LogP contribution in [0.1, 0.15) is 97.5 Å². The number of guanidine groups is 1. The molecule has 0 aromatic heterocycles. The zero-order valence-electron chi connectivity index (χ0n) is 44.9. The lowest BCUT2D eigenvalue weighted by Crippen LogP contribution is -2.62. The van der Waals surface area contributed by atoms with Gasteiger partial charge in [0.05, 0.1) is 19.1 Å². The smallest absolute Gasteiger partial charge is 0.305 e. The van der Waals surface area contributed by atoms with E-state index in [-0.39, 0.29) is 51.2 Å². The number of rotatable bonds is 20. The number of aliphatic hydroxyl groups is 1. The normalized spacial score (nSPS) is 24.3. The molecule has 1 aliphatic rings. The van der Waals surface area contributed by atoms with Gasteiger partial charge in [0.25, 0.3) is 0 Å². The topological polar surface area (TPSA) is 514 Å². The zero-order valence-corrected chi connectivity index (χ0v) is 44.9. The van der Waals surface area contributed by atoms with E-state index in [4.69, 9.17) is 17.2 Å². The summed E-state index contributed by atoms with van der Waals surface area (Å²) in [6, 6.07) is -6.71. The third-order valence-electron chi connectivity index (χ3n) is 12.1. The molecule has 444 valence electrons. The number of unbranched alkanes of at least 4 members (excludes halogenated alkanes) is 1. The highest BCUT2D eigenvalue weighted by atomic mass is 16.4. The highest BCUT2D eigenvalue weighted by Gasteiger charge is 2.37. The van der Waals surface area contributed by atoms with Crippen LogP contribution in [0.2, 0.25) is 0 Å². The molecule has 1 aliphatic heterocycles. The average molecular weight is 1130 g/mol. The van der Waals surface area contributed by atoms with Crippen LogP contribution in [0, 0.1) is 5.92 Å². The number of carboxylic acids is 3. The van der Waals surface area contributed by atoms with Crippen LogP contribution >= 0.6 is 0 Å². The van der Waals surface area contributed by atoms with Crippen molar-refractivity contribution in [2.45, 2.75) is 159 Å². The van der Waals surface area contributed by atoms with Crippen molar-refractivity contribution in [3.05, 3.63) is 35.9 Å². The number of aliphatic carboxylic acids is 3. The maximum atomic E-state index is 14.5. The molecule has 1 fully saturated rings. The number of aliphatic imine (C=N–C) groups is 1. The van der Waals surface area contributed by atoms with Crippen molar-refractivity contribution < 1.29 is 82.8 Å². The van der Waals surface area contributed by atoms with Crippen molar-refractivity contribution in [1.29, 1.82) is 0 Å². The third kappa shape index (κ3) is 24.9. The molecule has 0 radical (unpaired) electrons. The van der Waals surface area contributed by atoms with Crippen LogP contribution in [-0.2, 0) is 68.7 Å². The Balaban J connectivity index is 2.83. The minimum absolute atomic E-state index is 0.0466. The van der Waals surface area contributed by atoms with E-state index in [1.165, 1.54) is 13.8 Å². The van der Waals surface area contributed by atoms with Crippen LogP contribution in [0.15, 0.2) is 35.3 Å². The number of hydrogen-bond donors (Lipinski definition) is 17. The van der Waals surface area contributed by atoms with Gasteiger partial charge in [0.2, 0.25) is 59.1 Å². The van der Waals surface area contributed by atoms with E-state index >= 15 is 0 Å². The van der Waals surface area contributed by atoms with Gasteiger partial charge in [-0.3, -0.25) is 67.3 Å². The van der Waals surface area contributed by atoms with E-state index in [1.807, 2.05) is 0 Å². The van der Waals surface area contributed by atoms with Crippen molar-refractivity contribution >= 4 is 82.9 Å². The Morgan fingerprint density at radius 2 is 1.01 bits per heavy atom. The fraction of sp³-hybridized carbons (Fsp3) is 0.592. The van der Waals surface area contributed by atoms with E-state index < -0.39 is 182 Å². The molecular weight excluding hydrogens is 1060 g/mol. The van der Waals surface area contributed by atoms with Crippen LogP contribution in [0.3, 0.4) is 0 Å². The zero-order chi connectivity index (χ0) is 60.2.